The van der Waals surface area contributed by atoms with Crippen LogP contribution in [-0.4, -0.2) is 42.6 Å². The predicted octanol–water partition coefficient (Wildman–Crippen LogP) is 3.16. The van der Waals surface area contributed by atoms with Crippen molar-refractivity contribution in [3.05, 3.63) is 29.3 Å². The first kappa shape index (κ1) is 17.5. The fraction of sp³-hybridized carbons (Fsp3) is 0.471. The highest BCUT2D eigenvalue weighted by Crippen LogP contribution is 2.31. The molecular weight excluding hydrogens is 314 g/mol. The van der Waals surface area contributed by atoms with E-state index in [1.807, 2.05) is 6.07 Å². The van der Waals surface area contributed by atoms with Gasteiger partial charge in [-0.3, -0.25) is 14.4 Å². The minimum absolute atomic E-state index is 0.00482. The first-order valence-corrected chi connectivity index (χ1v) is 8.46. The molecule has 1 aromatic carbocycles. The van der Waals surface area contributed by atoms with Gasteiger partial charge in [0, 0.05) is 30.5 Å². The highest BCUT2D eigenvalue weighted by Gasteiger charge is 2.29. The maximum atomic E-state index is 12.5. The molecule has 0 radical (unpaired) electrons. The number of ether oxygens (including phenoxy) is 1. The highest BCUT2D eigenvalue weighted by molar-refractivity contribution is 8.13. The maximum Gasteiger partial charge on any atom is 0.306 e. The van der Waals surface area contributed by atoms with Gasteiger partial charge in [-0.1, -0.05) is 0 Å². The predicted molar refractivity (Wildman–Crippen MR) is 88.8 cm³/mol. The molecule has 0 aliphatic heterocycles. The lowest BCUT2D eigenvalue weighted by Gasteiger charge is -2.23. The quantitative estimate of drug-likeness (QED) is 0.625. The van der Waals surface area contributed by atoms with Gasteiger partial charge in [-0.25, -0.2) is 0 Å². The number of carbonyl (C=O) groups excluding carboxylic acids is 3. The molecule has 23 heavy (non-hydrogen) atoms. The van der Waals surface area contributed by atoms with E-state index in [1.54, 1.807) is 33.2 Å². The molecule has 0 N–H and O–H groups in total. The van der Waals surface area contributed by atoms with Gasteiger partial charge in [-0.2, -0.15) is 0 Å². The zero-order valence-corrected chi connectivity index (χ0v) is 14.4. The van der Waals surface area contributed by atoms with Gasteiger partial charge >= 0.3 is 5.97 Å². The molecule has 1 aromatic rings. The van der Waals surface area contributed by atoms with Crippen LogP contribution in [0.4, 0.5) is 4.79 Å². The van der Waals surface area contributed by atoms with Crippen LogP contribution in [-0.2, 0) is 16.0 Å². The van der Waals surface area contributed by atoms with E-state index in [9.17, 15) is 14.4 Å². The van der Waals surface area contributed by atoms with E-state index >= 15 is 0 Å². The second-order valence-corrected chi connectivity index (χ2v) is 6.72. The van der Waals surface area contributed by atoms with Gasteiger partial charge in [-0.15, -0.1) is 0 Å². The van der Waals surface area contributed by atoms with E-state index < -0.39 is 0 Å². The van der Waals surface area contributed by atoms with Crippen molar-refractivity contribution in [3.63, 3.8) is 0 Å². The number of hydrogen-bond acceptors (Lipinski definition) is 5. The van der Waals surface area contributed by atoms with Crippen molar-refractivity contribution in [3.8, 4) is 0 Å². The lowest BCUT2D eigenvalue weighted by atomic mass is 9.81. The van der Waals surface area contributed by atoms with Crippen molar-refractivity contribution in [2.75, 3.05) is 20.7 Å². The Hall–Kier alpha value is -1.82. The molecule has 0 spiro atoms. The van der Waals surface area contributed by atoms with Gasteiger partial charge in [0.15, 0.2) is 5.78 Å². The van der Waals surface area contributed by atoms with Gasteiger partial charge in [0.2, 0.25) is 0 Å². The van der Waals surface area contributed by atoms with E-state index in [0.717, 1.165) is 28.6 Å². The third kappa shape index (κ3) is 4.34. The number of esters is 1. The van der Waals surface area contributed by atoms with E-state index in [1.165, 1.54) is 4.90 Å². The Morgan fingerprint density at radius 3 is 2.74 bits per heavy atom. The highest BCUT2D eigenvalue weighted by atomic mass is 32.2. The lowest BCUT2D eigenvalue weighted by molar-refractivity contribution is -0.144. The third-order valence-corrected chi connectivity index (χ3v) is 4.79. The fourth-order valence-corrected chi connectivity index (χ4v) is 3.29. The van der Waals surface area contributed by atoms with Gasteiger partial charge < -0.3 is 9.64 Å². The topological polar surface area (TPSA) is 63.7 Å². The summed E-state index contributed by atoms with van der Waals surface area (Å²) in [4.78, 5) is 38.2. The lowest BCUT2D eigenvalue weighted by Crippen LogP contribution is -2.25. The summed E-state index contributed by atoms with van der Waals surface area (Å²) in [7, 11) is 3.41. The van der Waals surface area contributed by atoms with E-state index in [4.69, 9.17) is 4.74 Å². The van der Waals surface area contributed by atoms with Crippen molar-refractivity contribution in [2.45, 2.75) is 31.1 Å². The number of rotatable bonds is 4. The number of nitrogens with zero attached hydrogens (tertiary/aromatic N) is 1. The van der Waals surface area contributed by atoms with Crippen LogP contribution in [0.15, 0.2) is 23.1 Å². The van der Waals surface area contributed by atoms with Crippen molar-refractivity contribution in [1.29, 1.82) is 0 Å². The van der Waals surface area contributed by atoms with Gasteiger partial charge in [0.1, 0.15) is 0 Å². The number of fused-ring (bicyclic) bond motifs is 1. The summed E-state index contributed by atoms with van der Waals surface area (Å²) < 4.78 is 4.93. The Morgan fingerprint density at radius 1 is 1.35 bits per heavy atom. The van der Waals surface area contributed by atoms with Crippen LogP contribution in [0.1, 0.15) is 35.7 Å². The number of carbonyl (C=O) groups is 3. The summed E-state index contributed by atoms with van der Waals surface area (Å²) >= 11 is 1.15. The van der Waals surface area contributed by atoms with E-state index in [-0.39, 0.29) is 29.3 Å². The molecule has 124 valence electrons. The Bertz CT molecular complexity index is 627. The van der Waals surface area contributed by atoms with Crippen LogP contribution in [0.3, 0.4) is 0 Å². The summed E-state index contributed by atoms with van der Waals surface area (Å²) in [6.45, 7) is 2.08. The molecule has 1 aliphatic carbocycles. The Kier molecular flexibility index (Phi) is 5.82. The van der Waals surface area contributed by atoms with Crippen molar-refractivity contribution in [2.24, 2.45) is 5.92 Å². The number of Topliss-reactive ketones (excluding diaryl/α,β-unsaturated/α-hetero) is 1. The van der Waals surface area contributed by atoms with Crippen LogP contribution in [0.5, 0.6) is 0 Å². The molecule has 0 saturated heterocycles. The Balaban J connectivity index is 2.10. The average Bonchev–Trinajstić information content (AvgIpc) is 2.50. The molecule has 0 saturated carbocycles. The van der Waals surface area contributed by atoms with Gasteiger partial charge in [-0.05, 0) is 55.3 Å². The van der Waals surface area contributed by atoms with Crippen LogP contribution in [0.2, 0.25) is 0 Å². The zero-order valence-electron chi connectivity index (χ0n) is 13.6. The molecule has 0 aromatic heterocycles. The Morgan fingerprint density at radius 2 is 2.09 bits per heavy atom. The standard InChI is InChI=1S/C17H21NO4S/c1-4-22-15(19)10-12-6-5-11-9-13(23-17(21)18(2)3)7-8-14(11)16(12)20/h7-9,12H,4-6,10H2,1-3H3. The largest absolute Gasteiger partial charge is 0.466 e. The van der Waals surface area contributed by atoms with Crippen LogP contribution < -0.4 is 0 Å². The van der Waals surface area contributed by atoms with E-state index in [2.05, 4.69) is 0 Å². The molecule has 5 nitrogen and oxygen atoms in total. The first-order valence-electron chi connectivity index (χ1n) is 7.64. The van der Waals surface area contributed by atoms with Crippen LogP contribution >= 0.6 is 11.8 Å². The summed E-state index contributed by atoms with van der Waals surface area (Å²) in [5, 5.41) is -0.0488. The number of hydrogen-bond donors (Lipinski definition) is 0. The van der Waals surface area contributed by atoms with Gasteiger partial charge in [0.25, 0.3) is 5.24 Å². The third-order valence-electron chi connectivity index (χ3n) is 3.76. The number of amides is 1. The van der Waals surface area contributed by atoms with E-state index in [0.29, 0.717) is 18.6 Å². The SMILES string of the molecule is CCOC(=O)CC1CCc2cc(SC(=O)N(C)C)ccc2C1=O. The zero-order chi connectivity index (χ0) is 17.0. The van der Waals surface area contributed by atoms with Crippen molar-refractivity contribution >= 4 is 28.8 Å². The molecule has 0 fully saturated rings. The summed E-state index contributed by atoms with van der Waals surface area (Å²) in [5.41, 5.74) is 1.61. The van der Waals surface area contributed by atoms with Gasteiger partial charge in [0.05, 0.1) is 13.0 Å². The summed E-state index contributed by atoms with van der Waals surface area (Å²) in [6.07, 6.45) is 1.51. The number of ketones is 1. The molecule has 0 bridgehead atoms. The molecular formula is C17H21NO4S. The summed E-state index contributed by atoms with van der Waals surface area (Å²) in [5.74, 6) is -0.628. The molecule has 6 heteroatoms. The second kappa shape index (κ2) is 7.64. The maximum absolute atomic E-state index is 12.5. The first-order chi connectivity index (χ1) is 10.9. The van der Waals surface area contributed by atoms with Crippen molar-refractivity contribution < 1.29 is 19.1 Å². The monoisotopic (exact) mass is 335 g/mol. The van der Waals surface area contributed by atoms with Crippen LogP contribution in [0.25, 0.3) is 0 Å². The fourth-order valence-electron chi connectivity index (χ4n) is 2.57. The molecule has 2 rings (SSSR count). The summed E-state index contributed by atoms with van der Waals surface area (Å²) in [6, 6.07) is 5.45. The molecule has 1 atom stereocenters. The number of thioether (sulfide) groups is 1. The number of aryl methyl sites for hydroxylation is 1. The Labute approximate surface area is 140 Å². The molecule has 1 aliphatic rings. The van der Waals surface area contributed by atoms with Crippen molar-refractivity contribution in [1.82, 2.24) is 4.90 Å². The molecule has 1 amide bonds. The minimum atomic E-state index is -0.321. The molecule has 0 heterocycles. The second-order valence-electron chi connectivity index (χ2n) is 5.69. The smallest absolute Gasteiger partial charge is 0.306 e. The van der Waals surface area contributed by atoms with Crippen LogP contribution in [0, 0.1) is 5.92 Å². The average molecular weight is 335 g/mol. The normalized spacial score (nSPS) is 16.7. The minimum Gasteiger partial charge on any atom is -0.466 e. The molecule has 1 unspecified atom stereocenters. The number of benzene rings is 1.